The van der Waals surface area contributed by atoms with Crippen LogP contribution in [0.2, 0.25) is 0 Å². The number of aryl methyl sites for hydroxylation is 1. The Morgan fingerprint density at radius 3 is 2.56 bits per heavy atom. The number of amides is 1. The molecule has 0 saturated heterocycles. The Morgan fingerprint density at radius 1 is 1.09 bits per heavy atom. The highest BCUT2D eigenvalue weighted by Gasteiger charge is 2.16. The van der Waals surface area contributed by atoms with Gasteiger partial charge in [-0.05, 0) is 50.6 Å². The predicted molar refractivity (Wildman–Crippen MR) is 128 cm³/mol. The summed E-state index contributed by atoms with van der Waals surface area (Å²) in [7, 11) is 0. The molecule has 0 fully saturated rings. The topological polar surface area (TPSA) is 69.0 Å². The molecule has 1 amide bonds. The van der Waals surface area contributed by atoms with E-state index in [1.165, 1.54) is 22.5 Å². The van der Waals surface area contributed by atoms with Gasteiger partial charge >= 0.3 is 0 Å². The molecule has 32 heavy (non-hydrogen) atoms. The van der Waals surface area contributed by atoms with E-state index in [-0.39, 0.29) is 12.3 Å². The van der Waals surface area contributed by atoms with Gasteiger partial charge in [-0.2, -0.15) is 5.10 Å². The van der Waals surface area contributed by atoms with Gasteiger partial charge in [0.1, 0.15) is 5.75 Å². The molecule has 4 aromatic rings. The van der Waals surface area contributed by atoms with Crippen LogP contribution in [0.15, 0.2) is 60.0 Å². The maximum absolute atomic E-state index is 12.5. The van der Waals surface area contributed by atoms with Gasteiger partial charge < -0.3 is 10.1 Å². The fraction of sp³-hybridized carbons (Fsp3) is 0.240. The Kier molecular flexibility index (Phi) is 6.66. The van der Waals surface area contributed by atoms with Gasteiger partial charge in [0.15, 0.2) is 0 Å². The van der Waals surface area contributed by atoms with Gasteiger partial charge in [0.25, 0.3) is 0 Å². The zero-order valence-corrected chi connectivity index (χ0v) is 19.3. The number of hydrogen-bond acceptors (Lipinski definition) is 5. The van der Waals surface area contributed by atoms with Gasteiger partial charge in [0.2, 0.25) is 11.0 Å². The molecule has 2 aromatic carbocycles. The summed E-state index contributed by atoms with van der Waals surface area (Å²) in [6, 6.07) is 17.7. The normalized spacial score (nSPS) is 10.8. The number of nitrogens with one attached hydrogen (secondary N) is 1. The van der Waals surface area contributed by atoms with E-state index >= 15 is 0 Å². The fourth-order valence-corrected chi connectivity index (χ4v) is 4.39. The Bertz CT molecular complexity index is 1200. The van der Waals surface area contributed by atoms with Crippen molar-refractivity contribution in [3.05, 3.63) is 88.2 Å². The van der Waals surface area contributed by atoms with E-state index in [9.17, 15) is 4.79 Å². The standard InChI is InChI=1S/C25H26N4O2S/c1-4-31-22-12-10-20(11-13-22)26-24(30)15-21-16-32-25(27-21)29-18(3)23(17(2)28-29)14-19-8-6-5-7-9-19/h5-13,16H,4,14-15H2,1-3H3,(H,26,30). The van der Waals surface area contributed by atoms with Crippen molar-refractivity contribution in [2.24, 2.45) is 0 Å². The number of benzene rings is 2. The highest BCUT2D eigenvalue weighted by molar-refractivity contribution is 7.12. The Hall–Kier alpha value is -3.45. The van der Waals surface area contributed by atoms with Crippen molar-refractivity contribution in [2.45, 2.75) is 33.6 Å². The Balaban J connectivity index is 1.43. The maximum Gasteiger partial charge on any atom is 0.230 e. The summed E-state index contributed by atoms with van der Waals surface area (Å²) in [6.45, 7) is 6.65. The number of hydrogen-bond donors (Lipinski definition) is 1. The van der Waals surface area contributed by atoms with E-state index in [0.717, 1.165) is 40.1 Å². The van der Waals surface area contributed by atoms with Crippen LogP contribution in [-0.2, 0) is 17.6 Å². The van der Waals surface area contributed by atoms with E-state index in [1.54, 1.807) is 0 Å². The molecule has 0 bridgehead atoms. The Morgan fingerprint density at radius 2 is 1.84 bits per heavy atom. The lowest BCUT2D eigenvalue weighted by atomic mass is 10.0. The quantitative estimate of drug-likeness (QED) is 0.408. The minimum Gasteiger partial charge on any atom is -0.494 e. The van der Waals surface area contributed by atoms with Gasteiger partial charge in [0, 0.05) is 28.7 Å². The maximum atomic E-state index is 12.5. The van der Waals surface area contributed by atoms with Crippen LogP contribution in [0.25, 0.3) is 5.13 Å². The number of ether oxygens (including phenoxy) is 1. The second kappa shape index (κ2) is 9.78. The summed E-state index contributed by atoms with van der Waals surface area (Å²) in [5.74, 6) is 0.676. The minimum atomic E-state index is -0.107. The summed E-state index contributed by atoms with van der Waals surface area (Å²) in [5.41, 5.74) is 6.00. The highest BCUT2D eigenvalue weighted by atomic mass is 32.1. The molecule has 6 nitrogen and oxygen atoms in total. The molecule has 0 aliphatic heterocycles. The minimum absolute atomic E-state index is 0.107. The van der Waals surface area contributed by atoms with Crippen molar-refractivity contribution in [3.8, 4) is 10.9 Å². The third-order valence-electron chi connectivity index (χ3n) is 5.18. The van der Waals surface area contributed by atoms with Gasteiger partial charge in [-0.15, -0.1) is 11.3 Å². The van der Waals surface area contributed by atoms with Crippen molar-refractivity contribution in [1.82, 2.24) is 14.8 Å². The van der Waals surface area contributed by atoms with Gasteiger partial charge in [-0.25, -0.2) is 9.67 Å². The SMILES string of the molecule is CCOc1ccc(NC(=O)Cc2csc(-n3nc(C)c(Cc4ccccc4)c3C)n2)cc1. The monoisotopic (exact) mass is 446 g/mol. The lowest BCUT2D eigenvalue weighted by Gasteiger charge is -2.06. The first-order valence-corrected chi connectivity index (χ1v) is 11.5. The first-order valence-electron chi connectivity index (χ1n) is 10.6. The molecule has 1 N–H and O–H groups in total. The molecule has 0 unspecified atom stereocenters. The average molecular weight is 447 g/mol. The van der Waals surface area contributed by atoms with Crippen molar-refractivity contribution < 1.29 is 9.53 Å². The number of thiazole rings is 1. The van der Waals surface area contributed by atoms with Gasteiger partial charge in [-0.3, -0.25) is 4.79 Å². The lowest BCUT2D eigenvalue weighted by molar-refractivity contribution is -0.115. The molecule has 0 radical (unpaired) electrons. The lowest BCUT2D eigenvalue weighted by Crippen LogP contribution is -2.14. The smallest absolute Gasteiger partial charge is 0.230 e. The van der Waals surface area contributed by atoms with Crippen LogP contribution in [0.4, 0.5) is 5.69 Å². The van der Waals surface area contributed by atoms with E-state index in [0.29, 0.717) is 6.61 Å². The van der Waals surface area contributed by atoms with E-state index < -0.39 is 0 Å². The second-order valence-electron chi connectivity index (χ2n) is 7.53. The molecule has 0 saturated carbocycles. The van der Waals surface area contributed by atoms with Gasteiger partial charge in [0.05, 0.1) is 24.4 Å². The summed E-state index contributed by atoms with van der Waals surface area (Å²) in [4.78, 5) is 17.1. The van der Waals surface area contributed by atoms with Crippen molar-refractivity contribution in [1.29, 1.82) is 0 Å². The van der Waals surface area contributed by atoms with Crippen molar-refractivity contribution in [2.75, 3.05) is 11.9 Å². The molecule has 0 spiro atoms. The first-order chi connectivity index (χ1) is 15.5. The number of anilines is 1. The third kappa shape index (κ3) is 5.06. The third-order valence-corrected chi connectivity index (χ3v) is 6.04. The molecular weight excluding hydrogens is 420 g/mol. The van der Waals surface area contributed by atoms with Crippen LogP contribution in [-0.4, -0.2) is 27.3 Å². The van der Waals surface area contributed by atoms with Crippen LogP contribution >= 0.6 is 11.3 Å². The van der Waals surface area contributed by atoms with E-state index in [1.807, 2.05) is 54.2 Å². The Labute approximate surface area is 191 Å². The number of carbonyl (C=O) groups is 1. The molecule has 4 rings (SSSR count). The van der Waals surface area contributed by atoms with Crippen LogP contribution in [0.5, 0.6) is 5.75 Å². The largest absolute Gasteiger partial charge is 0.494 e. The summed E-state index contributed by atoms with van der Waals surface area (Å²) in [6.07, 6.45) is 1.04. The second-order valence-corrected chi connectivity index (χ2v) is 8.36. The number of rotatable bonds is 8. The zero-order valence-electron chi connectivity index (χ0n) is 18.5. The van der Waals surface area contributed by atoms with E-state index in [2.05, 4.69) is 41.5 Å². The number of carbonyl (C=O) groups excluding carboxylic acids is 1. The average Bonchev–Trinajstić information content (AvgIpc) is 3.35. The van der Waals surface area contributed by atoms with E-state index in [4.69, 9.17) is 9.84 Å². The predicted octanol–water partition coefficient (Wildman–Crippen LogP) is 5.12. The number of nitrogens with zero attached hydrogens (tertiary/aromatic N) is 3. The zero-order chi connectivity index (χ0) is 22.5. The molecule has 164 valence electrons. The summed E-state index contributed by atoms with van der Waals surface area (Å²) >= 11 is 1.49. The highest BCUT2D eigenvalue weighted by Crippen LogP contribution is 2.23. The van der Waals surface area contributed by atoms with Crippen LogP contribution < -0.4 is 10.1 Å². The molecule has 2 aromatic heterocycles. The van der Waals surface area contributed by atoms with Gasteiger partial charge in [-0.1, -0.05) is 30.3 Å². The first kappa shape index (κ1) is 21.8. The molecule has 2 heterocycles. The van der Waals surface area contributed by atoms with Crippen molar-refractivity contribution in [3.63, 3.8) is 0 Å². The molecule has 0 aliphatic rings. The summed E-state index contributed by atoms with van der Waals surface area (Å²) < 4.78 is 7.31. The molecular formula is C25H26N4O2S. The van der Waals surface area contributed by atoms with Crippen molar-refractivity contribution >= 4 is 22.9 Å². The van der Waals surface area contributed by atoms with Crippen LogP contribution in [0.3, 0.4) is 0 Å². The fourth-order valence-electron chi connectivity index (χ4n) is 3.56. The van der Waals surface area contributed by atoms with Crippen LogP contribution in [0.1, 0.15) is 35.1 Å². The number of aromatic nitrogens is 3. The molecule has 0 atom stereocenters. The summed E-state index contributed by atoms with van der Waals surface area (Å²) in [5, 5.41) is 10.3. The molecule has 0 aliphatic carbocycles. The van der Waals surface area contributed by atoms with Crippen LogP contribution in [0, 0.1) is 13.8 Å². The molecule has 7 heteroatoms.